The summed E-state index contributed by atoms with van der Waals surface area (Å²) in [6.45, 7) is 3.76. The van der Waals surface area contributed by atoms with Crippen LogP contribution in [0.25, 0.3) is 5.65 Å². The number of urea groups is 1. The number of aryl methyl sites for hydroxylation is 1. The Bertz CT molecular complexity index is 977. The van der Waals surface area contributed by atoms with Gasteiger partial charge in [0.25, 0.3) is 0 Å². The van der Waals surface area contributed by atoms with Gasteiger partial charge in [0.2, 0.25) is 0 Å². The Labute approximate surface area is 163 Å². The number of fused-ring (bicyclic) bond motifs is 1. The molecule has 8 nitrogen and oxygen atoms in total. The number of amides is 2. The fourth-order valence-electron chi connectivity index (χ4n) is 2.45. The molecule has 0 aliphatic carbocycles. The molecule has 3 heterocycles. The first-order valence-corrected chi connectivity index (χ1v) is 8.82. The number of aromatic nitrogens is 4. The van der Waals surface area contributed by atoms with Crippen LogP contribution in [0.3, 0.4) is 0 Å². The maximum Gasteiger partial charge on any atom is 0.323 e. The monoisotopic (exact) mass is 438 g/mol. The zero-order valence-corrected chi connectivity index (χ0v) is 16.6. The number of carbonyl (C=O) groups excluding carboxylic acids is 1. The van der Waals surface area contributed by atoms with Crippen molar-refractivity contribution in [2.24, 2.45) is 0 Å². The number of hydrogen-bond donors (Lipinski definition) is 2. The Kier molecular flexibility index (Phi) is 5.40. The third-order valence-corrected chi connectivity index (χ3v) is 5.11. The van der Waals surface area contributed by atoms with Crippen LogP contribution in [0.4, 0.5) is 16.2 Å². The first-order chi connectivity index (χ1) is 12.4. The summed E-state index contributed by atoms with van der Waals surface area (Å²) in [5, 5.41) is 9.92. The Morgan fingerprint density at radius 1 is 1.38 bits per heavy atom. The van der Waals surface area contributed by atoms with Gasteiger partial charge in [-0.1, -0.05) is 11.6 Å². The number of halogens is 2. The summed E-state index contributed by atoms with van der Waals surface area (Å²) in [7, 11) is 1.60. The zero-order chi connectivity index (χ0) is 18.8. The van der Waals surface area contributed by atoms with E-state index in [4.69, 9.17) is 16.3 Å². The van der Waals surface area contributed by atoms with E-state index >= 15 is 0 Å². The molecule has 0 aliphatic heterocycles. The van der Waals surface area contributed by atoms with Crippen LogP contribution in [0.5, 0.6) is 0 Å². The first kappa shape index (κ1) is 18.6. The van der Waals surface area contributed by atoms with Crippen molar-refractivity contribution >= 4 is 50.6 Å². The summed E-state index contributed by atoms with van der Waals surface area (Å²) in [5.74, 6) is 0. The Hall–Kier alpha value is -2.23. The van der Waals surface area contributed by atoms with Crippen molar-refractivity contribution in [3.63, 3.8) is 0 Å². The number of rotatable bonds is 4. The number of carbonyl (C=O) groups is 1. The molecule has 3 aromatic heterocycles. The number of anilines is 2. The summed E-state index contributed by atoms with van der Waals surface area (Å²) in [4.78, 5) is 20.7. The maximum absolute atomic E-state index is 12.4. The molecule has 0 saturated carbocycles. The molecule has 0 radical (unpaired) electrons. The second-order valence-electron chi connectivity index (χ2n) is 5.55. The number of ether oxygens (including phenoxy) is 1. The SMILES string of the molecule is COC(C)c1c(NC(=O)Nc2cc(Cl)c3ncnn3c2)cnc(C)c1Br. The smallest absolute Gasteiger partial charge is 0.323 e. The fourth-order valence-corrected chi connectivity index (χ4v) is 3.35. The lowest BCUT2D eigenvalue weighted by Gasteiger charge is -2.18. The highest BCUT2D eigenvalue weighted by Gasteiger charge is 2.18. The standard InChI is InChI=1S/C16H16BrClN6O2/c1-8-14(17)13(9(2)26-3)12(5-19-8)23-16(25)22-10-4-11(18)15-20-7-21-24(15)6-10/h4-7,9H,1-3H3,(H2,22,23,25). The van der Waals surface area contributed by atoms with Crippen LogP contribution in [0, 0.1) is 6.92 Å². The summed E-state index contributed by atoms with van der Waals surface area (Å²) in [6, 6.07) is 1.16. The summed E-state index contributed by atoms with van der Waals surface area (Å²) < 4.78 is 7.68. The highest BCUT2D eigenvalue weighted by molar-refractivity contribution is 9.10. The van der Waals surface area contributed by atoms with Crippen LogP contribution >= 0.6 is 27.5 Å². The van der Waals surface area contributed by atoms with Crippen molar-refractivity contribution in [1.82, 2.24) is 19.6 Å². The average Bonchev–Trinajstić information content (AvgIpc) is 3.07. The van der Waals surface area contributed by atoms with E-state index in [0.717, 1.165) is 15.7 Å². The number of nitrogens with one attached hydrogen (secondary N) is 2. The molecular weight excluding hydrogens is 424 g/mol. The number of hydrogen-bond acceptors (Lipinski definition) is 5. The Balaban J connectivity index is 1.84. The minimum absolute atomic E-state index is 0.234. The molecular formula is C16H16BrClN6O2. The van der Waals surface area contributed by atoms with E-state index in [0.29, 0.717) is 22.0 Å². The quantitative estimate of drug-likeness (QED) is 0.635. The molecule has 136 valence electrons. The lowest BCUT2D eigenvalue weighted by molar-refractivity contribution is 0.119. The molecule has 2 N–H and O–H groups in total. The number of nitrogens with zero attached hydrogens (tertiary/aromatic N) is 4. The molecule has 0 bridgehead atoms. The van der Waals surface area contributed by atoms with Crippen LogP contribution in [-0.4, -0.2) is 32.7 Å². The Morgan fingerprint density at radius 2 is 2.15 bits per heavy atom. The van der Waals surface area contributed by atoms with Gasteiger partial charge in [-0.2, -0.15) is 5.10 Å². The number of methoxy groups -OCH3 is 1. The predicted octanol–water partition coefficient (Wildman–Crippen LogP) is 4.20. The minimum atomic E-state index is -0.442. The largest absolute Gasteiger partial charge is 0.377 e. The summed E-state index contributed by atoms with van der Waals surface area (Å²) in [6.07, 6.45) is 4.37. The second-order valence-corrected chi connectivity index (χ2v) is 6.75. The Morgan fingerprint density at radius 3 is 2.88 bits per heavy atom. The highest BCUT2D eigenvalue weighted by atomic mass is 79.9. The summed E-state index contributed by atoms with van der Waals surface area (Å²) >= 11 is 9.65. The molecule has 1 unspecified atom stereocenters. The molecule has 0 saturated heterocycles. The first-order valence-electron chi connectivity index (χ1n) is 7.65. The van der Waals surface area contributed by atoms with E-state index in [-0.39, 0.29) is 6.10 Å². The van der Waals surface area contributed by atoms with Crippen molar-refractivity contribution < 1.29 is 9.53 Å². The lowest BCUT2D eigenvalue weighted by Crippen LogP contribution is -2.21. The van der Waals surface area contributed by atoms with Crippen molar-refractivity contribution in [1.29, 1.82) is 0 Å². The molecule has 1 atom stereocenters. The van der Waals surface area contributed by atoms with Crippen molar-refractivity contribution in [3.8, 4) is 0 Å². The highest BCUT2D eigenvalue weighted by Crippen LogP contribution is 2.33. The van der Waals surface area contributed by atoms with Crippen molar-refractivity contribution in [2.75, 3.05) is 17.7 Å². The fraction of sp³-hybridized carbons (Fsp3) is 0.250. The summed E-state index contributed by atoms with van der Waals surface area (Å²) in [5.41, 5.74) is 3.15. The molecule has 2 amide bonds. The van der Waals surface area contributed by atoms with Gasteiger partial charge >= 0.3 is 6.03 Å². The van der Waals surface area contributed by atoms with Crippen LogP contribution < -0.4 is 10.6 Å². The van der Waals surface area contributed by atoms with Gasteiger partial charge in [0.1, 0.15) is 6.33 Å². The van der Waals surface area contributed by atoms with Gasteiger partial charge in [-0.3, -0.25) is 4.98 Å². The van der Waals surface area contributed by atoms with Gasteiger partial charge in [-0.05, 0) is 35.8 Å². The number of pyridine rings is 2. The molecule has 0 spiro atoms. The van der Waals surface area contributed by atoms with E-state index in [1.54, 1.807) is 25.6 Å². The van der Waals surface area contributed by atoms with E-state index in [1.807, 2.05) is 13.8 Å². The van der Waals surface area contributed by atoms with Crippen LogP contribution in [-0.2, 0) is 4.74 Å². The van der Waals surface area contributed by atoms with E-state index < -0.39 is 6.03 Å². The average molecular weight is 440 g/mol. The molecule has 0 fully saturated rings. The second kappa shape index (κ2) is 7.56. The van der Waals surface area contributed by atoms with Crippen LogP contribution in [0.15, 0.2) is 29.3 Å². The van der Waals surface area contributed by atoms with Crippen molar-refractivity contribution in [2.45, 2.75) is 20.0 Å². The van der Waals surface area contributed by atoms with E-state index in [1.165, 1.54) is 10.8 Å². The molecule has 0 aromatic carbocycles. The maximum atomic E-state index is 12.4. The third kappa shape index (κ3) is 3.64. The zero-order valence-electron chi connectivity index (χ0n) is 14.2. The van der Waals surface area contributed by atoms with E-state index in [9.17, 15) is 4.79 Å². The molecule has 10 heteroatoms. The van der Waals surface area contributed by atoms with Gasteiger partial charge < -0.3 is 15.4 Å². The lowest BCUT2D eigenvalue weighted by atomic mass is 10.1. The third-order valence-electron chi connectivity index (χ3n) is 3.83. The van der Waals surface area contributed by atoms with Gasteiger partial charge in [0.05, 0.1) is 40.6 Å². The van der Waals surface area contributed by atoms with E-state index in [2.05, 4.69) is 41.6 Å². The van der Waals surface area contributed by atoms with Gasteiger partial charge in [-0.25, -0.2) is 14.3 Å². The molecule has 3 aromatic rings. The van der Waals surface area contributed by atoms with Gasteiger partial charge in [-0.15, -0.1) is 0 Å². The van der Waals surface area contributed by atoms with Gasteiger partial charge in [0, 0.05) is 17.1 Å². The van der Waals surface area contributed by atoms with Crippen molar-refractivity contribution in [3.05, 3.63) is 45.5 Å². The molecule has 26 heavy (non-hydrogen) atoms. The normalized spacial score (nSPS) is 12.2. The minimum Gasteiger partial charge on any atom is -0.377 e. The molecule has 3 rings (SSSR count). The molecule has 0 aliphatic rings. The van der Waals surface area contributed by atoms with Crippen LogP contribution in [0.1, 0.15) is 24.3 Å². The van der Waals surface area contributed by atoms with Crippen LogP contribution in [0.2, 0.25) is 5.02 Å². The predicted molar refractivity (Wildman–Crippen MR) is 103 cm³/mol. The van der Waals surface area contributed by atoms with Gasteiger partial charge in [0.15, 0.2) is 5.65 Å². The topological polar surface area (TPSA) is 93.4 Å².